The summed E-state index contributed by atoms with van der Waals surface area (Å²) in [7, 11) is 1.60. The Morgan fingerprint density at radius 2 is 1.85 bits per heavy atom. The van der Waals surface area contributed by atoms with Gasteiger partial charge in [-0.3, -0.25) is 4.79 Å². The molecule has 4 rings (SSSR count). The number of ether oxygens (including phenoxy) is 1. The van der Waals surface area contributed by atoms with Crippen molar-refractivity contribution in [3.63, 3.8) is 0 Å². The molecule has 7 heteroatoms. The van der Waals surface area contributed by atoms with Crippen molar-refractivity contribution in [2.24, 2.45) is 0 Å². The molecular weight excluding hydrogens is 366 g/mol. The van der Waals surface area contributed by atoms with Gasteiger partial charge in [0.15, 0.2) is 0 Å². The zero-order valence-electron chi connectivity index (χ0n) is 14.8. The molecule has 1 aliphatic rings. The van der Waals surface area contributed by atoms with Crippen molar-refractivity contribution in [1.29, 1.82) is 0 Å². The molecule has 2 aromatic carbocycles. The molecule has 6 nitrogen and oxygen atoms in total. The van der Waals surface area contributed by atoms with E-state index in [1.807, 2.05) is 12.1 Å². The first-order valence-electron chi connectivity index (χ1n) is 8.67. The van der Waals surface area contributed by atoms with Crippen molar-refractivity contribution in [3.05, 3.63) is 65.0 Å². The van der Waals surface area contributed by atoms with Crippen molar-refractivity contribution in [2.75, 3.05) is 7.11 Å². The topological polar surface area (TPSA) is 68.5 Å². The summed E-state index contributed by atoms with van der Waals surface area (Å²) < 4.78 is 10.9. The van der Waals surface area contributed by atoms with Crippen LogP contribution in [0.5, 0.6) is 5.75 Å². The normalized spacial score (nSPS) is 13.4. The Morgan fingerprint density at radius 3 is 2.48 bits per heavy atom. The summed E-state index contributed by atoms with van der Waals surface area (Å²) in [5, 5.41) is 8.84. The Labute approximate surface area is 161 Å². The van der Waals surface area contributed by atoms with Crippen LogP contribution in [0.4, 0.5) is 0 Å². The van der Waals surface area contributed by atoms with Crippen LogP contribution in [0.15, 0.2) is 52.9 Å². The molecule has 27 heavy (non-hydrogen) atoms. The number of benzene rings is 2. The van der Waals surface area contributed by atoms with Gasteiger partial charge < -0.3 is 14.1 Å². The van der Waals surface area contributed by atoms with Gasteiger partial charge in [-0.05, 0) is 61.4 Å². The third kappa shape index (κ3) is 3.95. The summed E-state index contributed by atoms with van der Waals surface area (Å²) in [6.45, 7) is 0.288. The lowest BCUT2D eigenvalue weighted by molar-refractivity contribution is 0.0714. The summed E-state index contributed by atoms with van der Waals surface area (Å²) in [5.41, 5.74) is 1.40. The molecule has 0 N–H and O–H groups in total. The van der Waals surface area contributed by atoms with E-state index in [2.05, 4.69) is 10.2 Å². The molecule has 0 atom stereocenters. The molecule has 1 amide bonds. The third-order valence-electron chi connectivity index (χ3n) is 4.45. The maximum absolute atomic E-state index is 12.9. The molecule has 0 unspecified atom stereocenters. The van der Waals surface area contributed by atoms with Gasteiger partial charge >= 0.3 is 0 Å². The minimum atomic E-state index is -0.0496. The zero-order chi connectivity index (χ0) is 18.8. The number of halogens is 1. The largest absolute Gasteiger partial charge is 0.497 e. The predicted octanol–water partition coefficient (Wildman–Crippen LogP) is 4.20. The van der Waals surface area contributed by atoms with Crippen LogP contribution in [0, 0.1) is 0 Å². The van der Waals surface area contributed by atoms with E-state index in [0.29, 0.717) is 28.1 Å². The van der Waals surface area contributed by atoms with Gasteiger partial charge in [0.2, 0.25) is 11.8 Å². The molecule has 0 radical (unpaired) electrons. The van der Waals surface area contributed by atoms with Crippen molar-refractivity contribution in [2.45, 2.75) is 25.4 Å². The second-order valence-electron chi connectivity index (χ2n) is 6.40. The first-order chi connectivity index (χ1) is 13.1. The number of methoxy groups -OCH3 is 1. The van der Waals surface area contributed by atoms with Crippen LogP contribution in [-0.2, 0) is 6.54 Å². The van der Waals surface area contributed by atoms with Crippen LogP contribution in [-0.4, -0.2) is 34.2 Å². The van der Waals surface area contributed by atoms with Crippen LogP contribution in [0.25, 0.3) is 11.5 Å². The summed E-state index contributed by atoms with van der Waals surface area (Å²) in [4.78, 5) is 14.7. The predicted molar refractivity (Wildman–Crippen MR) is 101 cm³/mol. The summed E-state index contributed by atoms with van der Waals surface area (Å²) >= 11 is 5.91. The molecule has 1 aromatic heterocycles. The van der Waals surface area contributed by atoms with Gasteiger partial charge in [0.25, 0.3) is 5.91 Å². The summed E-state index contributed by atoms with van der Waals surface area (Å²) in [6.07, 6.45) is 1.97. The van der Waals surface area contributed by atoms with Gasteiger partial charge in [-0.15, -0.1) is 10.2 Å². The van der Waals surface area contributed by atoms with Crippen LogP contribution >= 0.6 is 11.6 Å². The van der Waals surface area contributed by atoms with E-state index in [9.17, 15) is 4.79 Å². The van der Waals surface area contributed by atoms with E-state index in [4.69, 9.17) is 20.8 Å². The number of hydrogen-bond donors (Lipinski definition) is 0. The van der Waals surface area contributed by atoms with Crippen molar-refractivity contribution in [3.8, 4) is 17.2 Å². The standard InChI is InChI=1S/C20H18ClN3O3/c1-26-17-10-4-14(5-11-17)20(25)24(16-8-9-16)12-18-22-23-19(27-18)13-2-6-15(21)7-3-13/h2-7,10-11,16H,8-9,12H2,1H3. The van der Waals surface area contributed by atoms with Gasteiger partial charge in [0.05, 0.1) is 13.7 Å². The molecular formula is C20H18ClN3O3. The fourth-order valence-electron chi connectivity index (χ4n) is 2.82. The van der Waals surface area contributed by atoms with Crippen molar-refractivity contribution < 1.29 is 13.9 Å². The highest BCUT2D eigenvalue weighted by Crippen LogP contribution is 2.30. The number of carbonyl (C=O) groups excluding carboxylic acids is 1. The van der Waals surface area contributed by atoms with E-state index in [1.165, 1.54) is 0 Å². The lowest BCUT2D eigenvalue weighted by Gasteiger charge is -2.20. The molecule has 138 valence electrons. The number of hydrogen-bond acceptors (Lipinski definition) is 5. The van der Waals surface area contributed by atoms with Crippen LogP contribution in [0.2, 0.25) is 5.02 Å². The molecule has 3 aromatic rings. The fraction of sp³-hybridized carbons (Fsp3) is 0.250. The number of rotatable bonds is 6. The highest BCUT2D eigenvalue weighted by atomic mass is 35.5. The molecule has 1 heterocycles. The highest BCUT2D eigenvalue weighted by molar-refractivity contribution is 6.30. The van der Waals surface area contributed by atoms with Gasteiger partial charge in [-0.2, -0.15) is 0 Å². The Morgan fingerprint density at radius 1 is 1.15 bits per heavy atom. The van der Waals surface area contributed by atoms with E-state index in [0.717, 1.165) is 18.4 Å². The number of carbonyl (C=O) groups is 1. The van der Waals surface area contributed by atoms with Crippen LogP contribution in [0.1, 0.15) is 29.1 Å². The quantitative estimate of drug-likeness (QED) is 0.638. The molecule has 0 spiro atoms. The first kappa shape index (κ1) is 17.5. The van der Waals surface area contributed by atoms with E-state index >= 15 is 0 Å². The lowest BCUT2D eigenvalue weighted by Crippen LogP contribution is -2.32. The zero-order valence-corrected chi connectivity index (χ0v) is 15.5. The summed E-state index contributed by atoms with van der Waals surface area (Å²) in [5.74, 6) is 1.49. The average Bonchev–Trinajstić information content (AvgIpc) is 3.44. The molecule has 0 saturated heterocycles. The van der Waals surface area contributed by atoms with E-state index in [-0.39, 0.29) is 18.5 Å². The smallest absolute Gasteiger partial charge is 0.254 e. The van der Waals surface area contributed by atoms with Crippen LogP contribution < -0.4 is 4.74 Å². The molecule has 0 bridgehead atoms. The number of aromatic nitrogens is 2. The molecule has 0 aliphatic heterocycles. The second kappa shape index (κ2) is 7.40. The SMILES string of the molecule is COc1ccc(C(=O)N(Cc2nnc(-c3ccc(Cl)cc3)o2)C2CC2)cc1. The fourth-order valence-corrected chi connectivity index (χ4v) is 2.95. The number of nitrogens with zero attached hydrogens (tertiary/aromatic N) is 3. The molecule has 1 saturated carbocycles. The molecule has 1 aliphatic carbocycles. The van der Waals surface area contributed by atoms with E-state index in [1.54, 1.807) is 48.4 Å². The Bertz CT molecular complexity index is 934. The Balaban J connectivity index is 1.52. The highest BCUT2D eigenvalue weighted by Gasteiger charge is 2.34. The van der Waals surface area contributed by atoms with Gasteiger partial charge in [0, 0.05) is 22.2 Å². The maximum Gasteiger partial charge on any atom is 0.254 e. The average molecular weight is 384 g/mol. The summed E-state index contributed by atoms with van der Waals surface area (Å²) in [6, 6.07) is 14.5. The lowest BCUT2D eigenvalue weighted by atomic mass is 10.2. The van der Waals surface area contributed by atoms with Gasteiger partial charge in [0.1, 0.15) is 5.75 Å². The monoisotopic (exact) mass is 383 g/mol. The Hall–Kier alpha value is -2.86. The first-order valence-corrected chi connectivity index (χ1v) is 9.05. The van der Waals surface area contributed by atoms with E-state index < -0.39 is 0 Å². The van der Waals surface area contributed by atoms with Crippen molar-refractivity contribution >= 4 is 17.5 Å². The minimum absolute atomic E-state index is 0.0496. The Kier molecular flexibility index (Phi) is 4.81. The van der Waals surface area contributed by atoms with Gasteiger partial charge in [-0.1, -0.05) is 11.6 Å². The maximum atomic E-state index is 12.9. The molecule has 1 fully saturated rings. The third-order valence-corrected chi connectivity index (χ3v) is 4.70. The van der Waals surface area contributed by atoms with Crippen molar-refractivity contribution in [1.82, 2.24) is 15.1 Å². The van der Waals surface area contributed by atoms with Crippen LogP contribution in [0.3, 0.4) is 0 Å². The second-order valence-corrected chi connectivity index (χ2v) is 6.84. The number of amides is 1. The van der Waals surface area contributed by atoms with Gasteiger partial charge in [-0.25, -0.2) is 0 Å². The minimum Gasteiger partial charge on any atom is -0.497 e.